The minimum Gasteiger partial charge on any atom is -0.126 e. The van der Waals surface area contributed by atoms with Crippen LogP contribution < -0.4 is 0 Å². The number of hydrogen-bond acceptors (Lipinski definition) is 0. The van der Waals surface area contributed by atoms with Gasteiger partial charge in [-0.2, -0.15) is 0 Å². The van der Waals surface area contributed by atoms with E-state index in [0.717, 1.165) is 5.88 Å². The van der Waals surface area contributed by atoms with Crippen LogP contribution in [0.25, 0.3) is 0 Å². The highest BCUT2D eigenvalue weighted by molar-refractivity contribution is 6.18. The lowest BCUT2D eigenvalue weighted by Gasteiger charge is -2.11. The Morgan fingerprint density at radius 1 is 1.62 bits per heavy atom. The highest BCUT2D eigenvalue weighted by Gasteiger charge is 2.04. The molecule has 0 aromatic heterocycles. The van der Waals surface area contributed by atoms with E-state index in [1.807, 2.05) is 0 Å². The summed E-state index contributed by atoms with van der Waals surface area (Å²) in [5.74, 6) is 1.47. The predicted octanol–water partition coefficient (Wildman–Crippen LogP) is 2.58. The van der Waals surface area contributed by atoms with Crippen molar-refractivity contribution < 1.29 is 0 Å². The first kappa shape index (κ1) is 6.15. The smallest absolute Gasteiger partial charge is 0.0286 e. The fourth-order valence-corrected chi connectivity index (χ4v) is 1.27. The van der Waals surface area contributed by atoms with Crippen molar-refractivity contribution >= 4 is 11.6 Å². The Morgan fingerprint density at radius 2 is 2.50 bits per heavy atom. The van der Waals surface area contributed by atoms with Gasteiger partial charge in [-0.25, -0.2) is 0 Å². The van der Waals surface area contributed by atoms with Crippen LogP contribution in [0, 0.1) is 5.92 Å². The molecule has 1 heteroatoms. The summed E-state index contributed by atoms with van der Waals surface area (Å²) >= 11 is 5.63. The van der Waals surface area contributed by atoms with Gasteiger partial charge in [0.1, 0.15) is 0 Å². The van der Waals surface area contributed by atoms with Crippen molar-refractivity contribution in [1.82, 2.24) is 0 Å². The molecule has 0 N–H and O–H groups in total. The molecule has 0 saturated carbocycles. The van der Waals surface area contributed by atoms with E-state index in [4.69, 9.17) is 11.6 Å². The molecule has 0 bridgehead atoms. The number of allylic oxidation sites excluding steroid dienone is 2. The first-order valence-corrected chi connectivity index (χ1v) is 3.69. The first-order chi connectivity index (χ1) is 3.93. The van der Waals surface area contributed by atoms with Crippen LogP contribution in [0.2, 0.25) is 0 Å². The van der Waals surface area contributed by atoms with Crippen molar-refractivity contribution in [2.45, 2.75) is 19.3 Å². The highest BCUT2D eigenvalue weighted by Crippen LogP contribution is 2.17. The van der Waals surface area contributed by atoms with Gasteiger partial charge >= 0.3 is 0 Å². The van der Waals surface area contributed by atoms with E-state index < -0.39 is 0 Å². The Labute approximate surface area is 55.5 Å². The zero-order valence-corrected chi connectivity index (χ0v) is 5.69. The molecule has 0 aromatic carbocycles. The molecule has 0 aromatic rings. The molecule has 1 aliphatic rings. The quantitative estimate of drug-likeness (QED) is 0.378. The molecule has 1 unspecified atom stereocenters. The first-order valence-electron chi connectivity index (χ1n) is 3.16. The number of hydrogen-bond donors (Lipinski definition) is 0. The summed E-state index contributed by atoms with van der Waals surface area (Å²) < 4.78 is 0. The maximum absolute atomic E-state index is 5.63. The Bertz CT molecular complexity index is 86.4. The summed E-state index contributed by atoms with van der Waals surface area (Å²) in [5.41, 5.74) is 0. The van der Waals surface area contributed by atoms with Crippen LogP contribution in [0.3, 0.4) is 0 Å². The van der Waals surface area contributed by atoms with Crippen LogP contribution in [-0.2, 0) is 0 Å². The average Bonchev–Trinajstić information content (AvgIpc) is 1.90. The monoisotopic (exact) mass is 130 g/mol. The fraction of sp³-hybridized carbons (Fsp3) is 0.714. The Kier molecular flexibility index (Phi) is 2.41. The van der Waals surface area contributed by atoms with Gasteiger partial charge in [-0.3, -0.25) is 0 Å². The van der Waals surface area contributed by atoms with E-state index >= 15 is 0 Å². The van der Waals surface area contributed by atoms with Crippen LogP contribution in [0.4, 0.5) is 0 Å². The maximum Gasteiger partial charge on any atom is 0.0286 e. The topological polar surface area (TPSA) is 0 Å². The van der Waals surface area contributed by atoms with E-state index in [2.05, 4.69) is 12.2 Å². The highest BCUT2D eigenvalue weighted by atomic mass is 35.5. The second-order valence-electron chi connectivity index (χ2n) is 2.27. The summed E-state index contributed by atoms with van der Waals surface area (Å²) in [6.07, 6.45) is 8.34. The molecule has 0 heterocycles. The molecule has 8 heavy (non-hydrogen) atoms. The van der Waals surface area contributed by atoms with Crippen LogP contribution in [0.15, 0.2) is 12.2 Å². The molecule has 46 valence electrons. The fourth-order valence-electron chi connectivity index (χ4n) is 1.01. The van der Waals surface area contributed by atoms with Gasteiger partial charge < -0.3 is 0 Å². The van der Waals surface area contributed by atoms with Gasteiger partial charge in [0.2, 0.25) is 0 Å². The second kappa shape index (κ2) is 3.13. The van der Waals surface area contributed by atoms with E-state index in [1.54, 1.807) is 0 Å². The van der Waals surface area contributed by atoms with Crippen LogP contribution in [0.1, 0.15) is 19.3 Å². The summed E-state index contributed by atoms with van der Waals surface area (Å²) in [5, 5.41) is 0. The molecule has 0 amide bonds. The van der Waals surface area contributed by atoms with Crippen molar-refractivity contribution in [1.29, 1.82) is 0 Å². The second-order valence-corrected chi connectivity index (χ2v) is 2.58. The minimum absolute atomic E-state index is 0.672. The van der Waals surface area contributed by atoms with Gasteiger partial charge in [-0.05, 0) is 25.2 Å². The van der Waals surface area contributed by atoms with Gasteiger partial charge in [-0.1, -0.05) is 12.2 Å². The van der Waals surface area contributed by atoms with E-state index in [0.29, 0.717) is 5.92 Å². The predicted molar refractivity (Wildman–Crippen MR) is 37.2 cm³/mol. The van der Waals surface area contributed by atoms with Crippen molar-refractivity contribution in [2.75, 3.05) is 5.88 Å². The molecule has 1 rings (SSSR count). The van der Waals surface area contributed by atoms with Crippen molar-refractivity contribution in [2.24, 2.45) is 5.92 Å². The van der Waals surface area contributed by atoms with Crippen LogP contribution in [0.5, 0.6) is 0 Å². The average molecular weight is 131 g/mol. The molecule has 1 atom stereocenters. The van der Waals surface area contributed by atoms with Crippen molar-refractivity contribution in [3.8, 4) is 0 Å². The molecule has 0 saturated heterocycles. The van der Waals surface area contributed by atoms with Crippen molar-refractivity contribution in [3.05, 3.63) is 12.2 Å². The standard InChI is InChI=1S/C7H11Cl/c8-6-7-4-2-1-3-5-7/h2,4,7H,1,3,5-6H2. The summed E-state index contributed by atoms with van der Waals surface area (Å²) in [7, 11) is 0. The Balaban J connectivity index is 2.32. The number of alkyl halides is 1. The maximum atomic E-state index is 5.63. The van der Waals surface area contributed by atoms with E-state index in [1.165, 1.54) is 19.3 Å². The van der Waals surface area contributed by atoms with Gasteiger partial charge in [0.05, 0.1) is 0 Å². The SMILES string of the molecule is ClCC1C=CCCC1. The third-order valence-corrected chi connectivity index (χ3v) is 1.95. The Morgan fingerprint density at radius 3 is 2.88 bits per heavy atom. The van der Waals surface area contributed by atoms with Gasteiger partial charge in [0.15, 0.2) is 0 Å². The molecule has 0 aliphatic heterocycles. The third kappa shape index (κ3) is 1.52. The van der Waals surface area contributed by atoms with Crippen LogP contribution >= 0.6 is 11.6 Å². The molecule has 1 aliphatic carbocycles. The largest absolute Gasteiger partial charge is 0.126 e. The summed E-state index contributed by atoms with van der Waals surface area (Å²) in [6, 6.07) is 0. The zero-order valence-electron chi connectivity index (χ0n) is 4.94. The number of halogens is 1. The third-order valence-electron chi connectivity index (χ3n) is 1.55. The Hall–Kier alpha value is 0.0300. The molecule has 0 nitrogen and oxygen atoms in total. The molecule has 0 fully saturated rings. The van der Waals surface area contributed by atoms with E-state index in [9.17, 15) is 0 Å². The van der Waals surface area contributed by atoms with E-state index in [-0.39, 0.29) is 0 Å². The minimum atomic E-state index is 0.672. The lowest BCUT2D eigenvalue weighted by atomic mass is 9.98. The van der Waals surface area contributed by atoms with Gasteiger partial charge in [-0.15, -0.1) is 11.6 Å². The summed E-state index contributed by atoms with van der Waals surface area (Å²) in [4.78, 5) is 0. The number of rotatable bonds is 1. The molecule has 0 radical (unpaired) electrons. The van der Waals surface area contributed by atoms with Crippen LogP contribution in [-0.4, -0.2) is 5.88 Å². The lowest BCUT2D eigenvalue weighted by molar-refractivity contribution is 0.589. The molecule has 0 spiro atoms. The lowest BCUT2D eigenvalue weighted by Crippen LogP contribution is -2.00. The normalized spacial score (nSPS) is 28.4. The molecular formula is C7H11Cl. The van der Waals surface area contributed by atoms with Crippen molar-refractivity contribution in [3.63, 3.8) is 0 Å². The zero-order chi connectivity index (χ0) is 5.82. The summed E-state index contributed by atoms with van der Waals surface area (Å²) in [6.45, 7) is 0. The molecular weight excluding hydrogens is 120 g/mol. The van der Waals surface area contributed by atoms with Gasteiger partial charge in [0.25, 0.3) is 0 Å². The van der Waals surface area contributed by atoms with Gasteiger partial charge in [0, 0.05) is 5.88 Å².